The SMILES string of the molecule is O=[N+]([O-])c1ccsc1N1CCN(Cc2nn[nH]n2)CC1. The number of rotatable bonds is 4. The Morgan fingerprint density at radius 1 is 1.40 bits per heavy atom. The van der Waals surface area contributed by atoms with E-state index in [2.05, 4.69) is 30.4 Å². The summed E-state index contributed by atoms with van der Waals surface area (Å²) in [6.45, 7) is 3.82. The van der Waals surface area contributed by atoms with E-state index in [0.717, 1.165) is 31.2 Å². The second kappa shape index (κ2) is 5.51. The predicted octanol–water partition coefficient (Wildman–Crippen LogP) is 0.492. The number of thiophene rings is 1. The van der Waals surface area contributed by atoms with Crippen LogP contribution in [0.1, 0.15) is 5.82 Å². The minimum absolute atomic E-state index is 0.196. The van der Waals surface area contributed by atoms with Crippen LogP contribution in [-0.2, 0) is 6.54 Å². The van der Waals surface area contributed by atoms with Gasteiger partial charge in [-0.3, -0.25) is 15.0 Å². The summed E-state index contributed by atoms with van der Waals surface area (Å²) < 4.78 is 0. The lowest BCUT2D eigenvalue weighted by Crippen LogP contribution is -2.46. The highest BCUT2D eigenvalue weighted by Gasteiger charge is 2.25. The molecule has 0 spiro atoms. The molecule has 1 fully saturated rings. The van der Waals surface area contributed by atoms with Crippen molar-refractivity contribution in [1.29, 1.82) is 0 Å². The molecule has 2 aromatic heterocycles. The molecule has 1 aliphatic rings. The summed E-state index contributed by atoms with van der Waals surface area (Å²) in [5, 5.41) is 27.3. The normalized spacial score (nSPS) is 16.5. The van der Waals surface area contributed by atoms with E-state index in [1.165, 1.54) is 11.3 Å². The number of tetrazole rings is 1. The van der Waals surface area contributed by atoms with Crippen LogP contribution >= 0.6 is 11.3 Å². The molecule has 10 heteroatoms. The molecular weight excluding hydrogens is 282 g/mol. The molecule has 2 aromatic rings. The first kappa shape index (κ1) is 12.9. The van der Waals surface area contributed by atoms with Crippen LogP contribution in [0.5, 0.6) is 0 Å². The van der Waals surface area contributed by atoms with Gasteiger partial charge < -0.3 is 4.90 Å². The van der Waals surface area contributed by atoms with E-state index >= 15 is 0 Å². The maximum absolute atomic E-state index is 10.9. The van der Waals surface area contributed by atoms with Crippen molar-refractivity contribution in [3.8, 4) is 0 Å². The van der Waals surface area contributed by atoms with Crippen molar-refractivity contribution < 1.29 is 4.92 Å². The van der Waals surface area contributed by atoms with Crippen molar-refractivity contribution in [1.82, 2.24) is 25.5 Å². The Hall–Kier alpha value is -2.07. The van der Waals surface area contributed by atoms with Crippen molar-refractivity contribution >= 4 is 22.0 Å². The lowest BCUT2D eigenvalue weighted by Gasteiger charge is -2.34. The Balaban J connectivity index is 1.61. The van der Waals surface area contributed by atoms with Gasteiger partial charge in [0.2, 0.25) is 0 Å². The minimum Gasteiger partial charge on any atom is -0.355 e. The molecule has 1 saturated heterocycles. The molecule has 0 bridgehead atoms. The molecule has 106 valence electrons. The van der Waals surface area contributed by atoms with E-state index in [1.54, 1.807) is 11.4 Å². The maximum Gasteiger partial charge on any atom is 0.303 e. The average molecular weight is 295 g/mol. The van der Waals surface area contributed by atoms with Crippen LogP contribution in [0.25, 0.3) is 0 Å². The average Bonchev–Trinajstić information content (AvgIpc) is 3.10. The van der Waals surface area contributed by atoms with Gasteiger partial charge in [0.25, 0.3) is 0 Å². The Morgan fingerprint density at radius 3 is 2.85 bits per heavy atom. The number of nitrogens with one attached hydrogen (secondary N) is 1. The standard InChI is InChI=1S/C10H13N7O2S/c18-17(19)8-1-6-20-10(8)16-4-2-15(3-5-16)7-9-11-13-14-12-9/h1,6H,2-5,7H2,(H,11,12,13,14). The third kappa shape index (κ3) is 2.60. The first-order valence-corrected chi connectivity index (χ1v) is 7.03. The quantitative estimate of drug-likeness (QED) is 0.646. The Bertz CT molecular complexity index is 576. The fraction of sp³-hybridized carbons (Fsp3) is 0.500. The van der Waals surface area contributed by atoms with Crippen LogP contribution in [0.3, 0.4) is 0 Å². The second-order valence-corrected chi connectivity index (χ2v) is 5.35. The molecule has 0 unspecified atom stereocenters. The van der Waals surface area contributed by atoms with Crippen LogP contribution in [0.2, 0.25) is 0 Å². The molecule has 0 amide bonds. The molecule has 1 N–H and O–H groups in total. The van der Waals surface area contributed by atoms with Crippen LogP contribution in [0.15, 0.2) is 11.4 Å². The van der Waals surface area contributed by atoms with Gasteiger partial charge in [-0.2, -0.15) is 5.21 Å². The Labute approximate surface area is 118 Å². The van der Waals surface area contributed by atoms with Gasteiger partial charge in [-0.05, 0) is 5.38 Å². The van der Waals surface area contributed by atoms with Gasteiger partial charge >= 0.3 is 5.69 Å². The van der Waals surface area contributed by atoms with Gasteiger partial charge in [-0.25, -0.2) is 0 Å². The number of H-pyrrole nitrogens is 1. The molecule has 20 heavy (non-hydrogen) atoms. The Kier molecular flexibility index (Phi) is 3.56. The summed E-state index contributed by atoms with van der Waals surface area (Å²) in [5.74, 6) is 0.667. The van der Waals surface area contributed by atoms with Gasteiger partial charge in [0.05, 0.1) is 11.5 Å². The molecule has 0 radical (unpaired) electrons. The number of aromatic amines is 1. The molecule has 9 nitrogen and oxygen atoms in total. The molecule has 0 aliphatic carbocycles. The topological polar surface area (TPSA) is 104 Å². The highest BCUT2D eigenvalue weighted by molar-refractivity contribution is 7.14. The molecule has 3 rings (SSSR count). The van der Waals surface area contributed by atoms with Crippen LogP contribution < -0.4 is 4.90 Å². The van der Waals surface area contributed by atoms with E-state index in [0.29, 0.717) is 12.4 Å². The van der Waals surface area contributed by atoms with Gasteiger partial charge in [0, 0.05) is 32.2 Å². The van der Waals surface area contributed by atoms with Crippen LogP contribution in [-0.4, -0.2) is 56.6 Å². The van der Waals surface area contributed by atoms with E-state index in [-0.39, 0.29) is 10.6 Å². The number of hydrogen-bond acceptors (Lipinski definition) is 8. The zero-order valence-corrected chi connectivity index (χ0v) is 11.4. The minimum atomic E-state index is -0.322. The van der Waals surface area contributed by atoms with Crippen molar-refractivity contribution in [3.05, 3.63) is 27.4 Å². The van der Waals surface area contributed by atoms with Crippen molar-refractivity contribution in [3.63, 3.8) is 0 Å². The first-order chi connectivity index (χ1) is 9.74. The lowest BCUT2D eigenvalue weighted by atomic mass is 10.3. The number of nitrogens with zero attached hydrogens (tertiary/aromatic N) is 6. The van der Waals surface area contributed by atoms with E-state index in [9.17, 15) is 10.1 Å². The molecule has 3 heterocycles. The number of aromatic nitrogens is 4. The van der Waals surface area contributed by atoms with Crippen LogP contribution in [0.4, 0.5) is 10.7 Å². The highest BCUT2D eigenvalue weighted by Crippen LogP contribution is 2.34. The molecule has 1 aliphatic heterocycles. The first-order valence-electron chi connectivity index (χ1n) is 6.15. The molecule has 0 aromatic carbocycles. The van der Waals surface area contributed by atoms with Gasteiger partial charge in [0.1, 0.15) is 0 Å². The summed E-state index contributed by atoms with van der Waals surface area (Å²) in [6.07, 6.45) is 0. The second-order valence-electron chi connectivity index (χ2n) is 4.46. The van der Waals surface area contributed by atoms with E-state index in [4.69, 9.17) is 0 Å². The van der Waals surface area contributed by atoms with E-state index in [1.807, 2.05) is 0 Å². The molecule has 0 saturated carbocycles. The van der Waals surface area contributed by atoms with Crippen molar-refractivity contribution in [2.45, 2.75) is 6.54 Å². The smallest absolute Gasteiger partial charge is 0.303 e. The predicted molar refractivity (Wildman–Crippen MR) is 72.6 cm³/mol. The third-order valence-electron chi connectivity index (χ3n) is 3.24. The van der Waals surface area contributed by atoms with Gasteiger partial charge in [0.15, 0.2) is 10.8 Å². The largest absolute Gasteiger partial charge is 0.355 e. The van der Waals surface area contributed by atoms with Crippen molar-refractivity contribution in [2.75, 3.05) is 31.1 Å². The third-order valence-corrected chi connectivity index (χ3v) is 4.20. The highest BCUT2D eigenvalue weighted by atomic mass is 32.1. The summed E-state index contributed by atoms with van der Waals surface area (Å²) in [7, 11) is 0. The zero-order valence-electron chi connectivity index (χ0n) is 10.6. The summed E-state index contributed by atoms with van der Waals surface area (Å²) in [5.41, 5.74) is 0.196. The molecular formula is C10H13N7O2S. The monoisotopic (exact) mass is 295 g/mol. The maximum atomic E-state index is 10.9. The van der Waals surface area contributed by atoms with E-state index < -0.39 is 0 Å². The van der Waals surface area contributed by atoms with Gasteiger partial charge in [-0.1, -0.05) is 5.21 Å². The van der Waals surface area contributed by atoms with Gasteiger partial charge in [-0.15, -0.1) is 21.5 Å². The number of nitro groups is 1. The lowest BCUT2D eigenvalue weighted by molar-refractivity contribution is -0.383. The summed E-state index contributed by atoms with van der Waals surface area (Å²) in [4.78, 5) is 14.9. The number of hydrogen-bond donors (Lipinski definition) is 1. The van der Waals surface area contributed by atoms with Crippen molar-refractivity contribution in [2.24, 2.45) is 0 Å². The zero-order chi connectivity index (χ0) is 13.9. The molecule has 0 atom stereocenters. The summed E-state index contributed by atoms with van der Waals surface area (Å²) >= 11 is 1.42. The summed E-state index contributed by atoms with van der Waals surface area (Å²) in [6, 6.07) is 1.56. The number of piperazine rings is 1. The number of anilines is 1. The fourth-order valence-electron chi connectivity index (χ4n) is 2.23. The Morgan fingerprint density at radius 2 is 2.20 bits per heavy atom. The fourth-order valence-corrected chi connectivity index (χ4v) is 3.15. The van der Waals surface area contributed by atoms with Crippen LogP contribution in [0, 0.1) is 10.1 Å².